The quantitative estimate of drug-likeness (QED) is 0.505. The Labute approximate surface area is 129 Å². The molecule has 2 aromatic rings. The summed E-state index contributed by atoms with van der Waals surface area (Å²) in [6.45, 7) is 3.64. The number of aromatic amines is 1. The Morgan fingerprint density at radius 3 is 2.73 bits per heavy atom. The monoisotopic (exact) mass is 294 g/mol. The summed E-state index contributed by atoms with van der Waals surface area (Å²) < 4.78 is 0. The number of rotatable bonds is 5. The minimum atomic E-state index is -0.336. The van der Waals surface area contributed by atoms with Crippen LogP contribution in [-0.4, -0.2) is 21.8 Å². The van der Waals surface area contributed by atoms with Crippen LogP contribution in [0, 0.1) is 6.92 Å². The van der Waals surface area contributed by atoms with Gasteiger partial charge in [0.25, 0.3) is 5.91 Å². The third-order valence-corrected chi connectivity index (χ3v) is 2.81. The van der Waals surface area contributed by atoms with E-state index < -0.39 is 0 Å². The van der Waals surface area contributed by atoms with Crippen LogP contribution in [0.5, 0.6) is 0 Å². The van der Waals surface area contributed by atoms with E-state index in [9.17, 15) is 4.79 Å². The van der Waals surface area contributed by atoms with Crippen molar-refractivity contribution in [3.63, 3.8) is 0 Å². The molecule has 1 aromatic carbocycles. The van der Waals surface area contributed by atoms with Gasteiger partial charge in [-0.25, -0.2) is 5.43 Å². The molecule has 1 aromatic heterocycles. The smallest absolute Gasteiger partial charge is 0.282 e. The fourth-order valence-electron chi connectivity index (χ4n) is 1.69. The molecule has 0 unspecified atom stereocenters. The Balaban J connectivity index is 1.86. The summed E-state index contributed by atoms with van der Waals surface area (Å²) in [5, 5.41) is 10.6. The highest BCUT2D eigenvalue weighted by molar-refractivity contribution is 5.96. The van der Waals surface area contributed by atoms with Crippen molar-refractivity contribution in [2.75, 3.05) is 0 Å². The van der Waals surface area contributed by atoms with Gasteiger partial charge in [-0.3, -0.25) is 9.89 Å². The van der Waals surface area contributed by atoms with Gasteiger partial charge in [0.2, 0.25) is 0 Å². The Bertz CT molecular complexity index is 711. The molecule has 5 heteroatoms. The van der Waals surface area contributed by atoms with E-state index in [1.54, 1.807) is 6.07 Å². The highest BCUT2D eigenvalue weighted by atomic mass is 16.2. The molecule has 0 atom stereocenters. The SMILES string of the molecule is CC(/C=C/C=C/c1ccccc1)=N/NC(=O)c1cc(C)[nH]n1. The Hall–Kier alpha value is -2.95. The number of aryl methyl sites for hydroxylation is 1. The van der Waals surface area contributed by atoms with Crippen molar-refractivity contribution < 1.29 is 4.79 Å². The number of carbonyl (C=O) groups excluding carboxylic acids is 1. The zero-order valence-corrected chi connectivity index (χ0v) is 12.6. The van der Waals surface area contributed by atoms with Crippen molar-refractivity contribution in [1.29, 1.82) is 0 Å². The number of nitrogens with zero attached hydrogens (tertiary/aromatic N) is 2. The molecule has 0 saturated carbocycles. The average Bonchev–Trinajstić information content (AvgIpc) is 2.97. The summed E-state index contributed by atoms with van der Waals surface area (Å²) in [6, 6.07) is 11.7. The second-order valence-corrected chi connectivity index (χ2v) is 4.76. The van der Waals surface area contributed by atoms with Crippen molar-refractivity contribution in [2.45, 2.75) is 13.8 Å². The first-order valence-corrected chi connectivity index (χ1v) is 6.91. The number of hydrazone groups is 1. The standard InChI is InChI=1S/C17H18N4O/c1-13(8-6-7-11-15-9-4-3-5-10-15)18-21-17(22)16-12-14(2)19-20-16/h3-12H,1-2H3,(H,19,20)(H,21,22)/b8-6+,11-7+,18-13-. The summed E-state index contributed by atoms with van der Waals surface area (Å²) in [7, 11) is 0. The van der Waals surface area contributed by atoms with Gasteiger partial charge in [0, 0.05) is 5.69 Å². The lowest BCUT2D eigenvalue weighted by molar-refractivity contribution is 0.0950. The molecule has 0 bridgehead atoms. The fraction of sp³-hybridized carbons (Fsp3) is 0.118. The van der Waals surface area contributed by atoms with Crippen LogP contribution in [0.1, 0.15) is 28.7 Å². The van der Waals surface area contributed by atoms with Gasteiger partial charge >= 0.3 is 0 Å². The molecule has 0 fully saturated rings. The number of aromatic nitrogens is 2. The van der Waals surface area contributed by atoms with Crippen LogP contribution in [0.25, 0.3) is 6.08 Å². The van der Waals surface area contributed by atoms with E-state index in [1.807, 2.05) is 68.5 Å². The Morgan fingerprint density at radius 1 is 1.27 bits per heavy atom. The van der Waals surface area contributed by atoms with Crippen LogP contribution < -0.4 is 5.43 Å². The molecule has 0 aliphatic carbocycles. The Kier molecular flexibility index (Phi) is 5.43. The van der Waals surface area contributed by atoms with E-state index in [2.05, 4.69) is 20.7 Å². The predicted molar refractivity (Wildman–Crippen MR) is 88.5 cm³/mol. The van der Waals surface area contributed by atoms with E-state index in [-0.39, 0.29) is 5.91 Å². The van der Waals surface area contributed by atoms with Crippen LogP contribution >= 0.6 is 0 Å². The van der Waals surface area contributed by atoms with E-state index >= 15 is 0 Å². The molecule has 0 aliphatic heterocycles. The van der Waals surface area contributed by atoms with Crippen molar-refractivity contribution in [3.05, 3.63) is 71.6 Å². The van der Waals surface area contributed by atoms with Gasteiger partial charge in [0.05, 0.1) is 5.71 Å². The lowest BCUT2D eigenvalue weighted by atomic mass is 10.2. The number of carbonyl (C=O) groups is 1. The van der Waals surface area contributed by atoms with Gasteiger partial charge < -0.3 is 0 Å². The number of nitrogens with one attached hydrogen (secondary N) is 2. The van der Waals surface area contributed by atoms with E-state index in [1.165, 1.54) is 0 Å². The molecule has 0 aliphatic rings. The predicted octanol–water partition coefficient (Wildman–Crippen LogP) is 3.09. The molecule has 0 radical (unpaired) electrons. The summed E-state index contributed by atoms with van der Waals surface area (Å²) >= 11 is 0. The van der Waals surface area contributed by atoms with Gasteiger partial charge in [0.1, 0.15) is 0 Å². The lowest BCUT2D eigenvalue weighted by Crippen LogP contribution is -2.19. The molecular formula is C17H18N4O. The molecule has 112 valence electrons. The maximum absolute atomic E-state index is 11.7. The number of hydrogen-bond acceptors (Lipinski definition) is 3. The van der Waals surface area contributed by atoms with Crippen LogP contribution in [0.2, 0.25) is 0 Å². The van der Waals surface area contributed by atoms with Crippen LogP contribution in [-0.2, 0) is 0 Å². The van der Waals surface area contributed by atoms with Crippen molar-refractivity contribution >= 4 is 17.7 Å². The topological polar surface area (TPSA) is 70.1 Å². The van der Waals surface area contributed by atoms with Gasteiger partial charge in [0.15, 0.2) is 5.69 Å². The second-order valence-electron chi connectivity index (χ2n) is 4.76. The summed E-state index contributed by atoms with van der Waals surface area (Å²) in [5.41, 5.74) is 5.44. The second kappa shape index (κ2) is 7.73. The van der Waals surface area contributed by atoms with Gasteiger partial charge in [-0.2, -0.15) is 10.2 Å². The maximum atomic E-state index is 11.7. The van der Waals surface area contributed by atoms with Gasteiger partial charge in [-0.15, -0.1) is 0 Å². The molecule has 2 N–H and O–H groups in total. The normalized spacial score (nSPS) is 12.2. The van der Waals surface area contributed by atoms with Crippen molar-refractivity contribution in [1.82, 2.24) is 15.6 Å². The number of amides is 1. The largest absolute Gasteiger partial charge is 0.291 e. The minimum Gasteiger partial charge on any atom is -0.282 e. The number of benzene rings is 1. The highest BCUT2D eigenvalue weighted by Crippen LogP contribution is 2.01. The fourth-order valence-corrected chi connectivity index (χ4v) is 1.69. The molecular weight excluding hydrogens is 276 g/mol. The van der Waals surface area contributed by atoms with Crippen LogP contribution in [0.4, 0.5) is 0 Å². The van der Waals surface area contributed by atoms with Gasteiger partial charge in [-0.1, -0.05) is 48.6 Å². The minimum absolute atomic E-state index is 0.321. The van der Waals surface area contributed by atoms with E-state index in [0.29, 0.717) is 11.4 Å². The van der Waals surface area contributed by atoms with E-state index in [4.69, 9.17) is 0 Å². The third kappa shape index (κ3) is 4.86. The number of allylic oxidation sites excluding steroid dienone is 3. The number of H-pyrrole nitrogens is 1. The van der Waals surface area contributed by atoms with Crippen LogP contribution in [0.15, 0.2) is 59.7 Å². The average molecular weight is 294 g/mol. The molecule has 1 amide bonds. The molecule has 0 spiro atoms. The van der Waals surface area contributed by atoms with E-state index in [0.717, 1.165) is 11.3 Å². The first kappa shape index (κ1) is 15.4. The summed E-state index contributed by atoms with van der Waals surface area (Å²) in [4.78, 5) is 11.7. The first-order chi connectivity index (χ1) is 10.6. The lowest BCUT2D eigenvalue weighted by Gasteiger charge is -1.96. The zero-order valence-electron chi connectivity index (χ0n) is 12.6. The number of hydrogen-bond donors (Lipinski definition) is 2. The Morgan fingerprint density at radius 2 is 2.05 bits per heavy atom. The van der Waals surface area contributed by atoms with Crippen LogP contribution in [0.3, 0.4) is 0 Å². The van der Waals surface area contributed by atoms with Gasteiger partial charge in [-0.05, 0) is 31.6 Å². The summed E-state index contributed by atoms with van der Waals surface area (Å²) in [5.74, 6) is -0.336. The molecule has 2 rings (SSSR count). The molecule has 5 nitrogen and oxygen atoms in total. The molecule has 0 saturated heterocycles. The summed E-state index contributed by atoms with van der Waals surface area (Å²) in [6.07, 6.45) is 7.61. The molecule has 1 heterocycles. The van der Waals surface area contributed by atoms with Crippen molar-refractivity contribution in [3.8, 4) is 0 Å². The molecule has 22 heavy (non-hydrogen) atoms. The zero-order chi connectivity index (χ0) is 15.8. The van der Waals surface area contributed by atoms with Crippen molar-refractivity contribution in [2.24, 2.45) is 5.10 Å². The maximum Gasteiger partial charge on any atom is 0.291 e. The third-order valence-electron chi connectivity index (χ3n) is 2.81. The highest BCUT2D eigenvalue weighted by Gasteiger charge is 2.07. The first-order valence-electron chi connectivity index (χ1n) is 6.91.